The standard InChI is InChI=1S/C15H20N2O2/c16-13-3-1-2-12(10-13)14(18)17-7-4-15(11-17)5-8-19-9-6-15/h1-3,10H,4-9,11,16H2. The minimum atomic E-state index is 0.107. The summed E-state index contributed by atoms with van der Waals surface area (Å²) in [6, 6.07) is 7.24. The number of nitrogens with zero attached hydrogens (tertiary/aromatic N) is 1. The topological polar surface area (TPSA) is 55.6 Å². The summed E-state index contributed by atoms with van der Waals surface area (Å²) >= 11 is 0. The van der Waals surface area contributed by atoms with Crippen LogP contribution < -0.4 is 5.73 Å². The molecule has 1 aromatic carbocycles. The van der Waals surface area contributed by atoms with Crippen LogP contribution in [0, 0.1) is 5.41 Å². The van der Waals surface area contributed by atoms with Crippen LogP contribution in [0.1, 0.15) is 29.6 Å². The summed E-state index contributed by atoms with van der Waals surface area (Å²) in [5.41, 5.74) is 7.39. The number of nitrogens with two attached hydrogens (primary N) is 1. The number of anilines is 1. The molecule has 2 aliphatic rings. The van der Waals surface area contributed by atoms with Crippen molar-refractivity contribution in [3.05, 3.63) is 29.8 Å². The number of ether oxygens (including phenoxy) is 1. The summed E-state index contributed by atoms with van der Waals surface area (Å²) in [6.45, 7) is 3.39. The third kappa shape index (κ3) is 2.45. The van der Waals surface area contributed by atoms with Crippen molar-refractivity contribution in [1.29, 1.82) is 0 Å². The Kier molecular flexibility index (Phi) is 3.19. The highest BCUT2D eigenvalue weighted by atomic mass is 16.5. The average molecular weight is 260 g/mol. The van der Waals surface area contributed by atoms with Gasteiger partial charge in [-0.1, -0.05) is 6.07 Å². The Bertz CT molecular complexity index is 481. The molecule has 2 heterocycles. The first-order valence-electron chi connectivity index (χ1n) is 6.91. The fourth-order valence-electron chi connectivity index (χ4n) is 3.18. The molecule has 2 saturated heterocycles. The number of hydrogen-bond donors (Lipinski definition) is 1. The van der Waals surface area contributed by atoms with Crippen LogP contribution in [0.25, 0.3) is 0 Å². The van der Waals surface area contributed by atoms with E-state index in [1.807, 2.05) is 17.0 Å². The Labute approximate surface area is 113 Å². The molecule has 1 spiro atoms. The molecule has 0 atom stereocenters. The van der Waals surface area contributed by atoms with E-state index in [2.05, 4.69) is 0 Å². The summed E-state index contributed by atoms with van der Waals surface area (Å²) in [5.74, 6) is 0.107. The Morgan fingerprint density at radius 1 is 1.26 bits per heavy atom. The van der Waals surface area contributed by atoms with Crippen molar-refractivity contribution >= 4 is 11.6 Å². The van der Waals surface area contributed by atoms with Crippen LogP contribution >= 0.6 is 0 Å². The second kappa shape index (κ2) is 4.85. The van der Waals surface area contributed by atoms with E-state index in [1.165, 1.54) is 0 Å². The molecular formula is C15H20N2O2. The molecule has 3 rings (SSSR count). The van der Waals surface area contributed by atoms with Crippen molar-refractivity contribution in [3.8, 4) is 0 Å². The van der Waals surface area contributed by atoms with Gasteiger partial charge >= 0.3 is 0 Å². The van der Waals surface area contributed by atoms with E-state index >= 15 is 0 Å². The van der Waals surface area contributed by atoms with E-state index in [9.17, 15) is 4.79 Å². The van der Waals surface area contributed by atoms with Crippen LogP contribution in [0.15, 0.2) is 24.3 Å². The smallest absolute Gasteiger partial charge is 0.253 e. The number of nitrogen functional groups attached to an aromatic ring is 1. The van der Waals surface area contributed by atoms with Gasteiger partial charge in [-0.2, -0.15) is 0 Å². The molecule has 2 aliphatic heterocycles. The van der Waals surface area contributed by atoms with Crippen molar-refractivity contribution in [3.63, 3.8) is 0 Å². The van der Waals surface area contributed by atoms with Gasteiger partial charge in [0.15, 0.2) is 0 Å². The number of amides is 1. The predicted octanol–water partition coefficient (Wildman–Crippen LogP) is 1.91. The predicted molar refractivity (Wildman–Crippen MR) is 73.9 cm³/mol. The quantitative estimate of drug-likeness (QED) is 0.785. The number of rotatable bonds is 1. The van der Waals surface area contributed by atoms with Gasteiger partial charge in [0.05, 0.1) is 0 Å². The van der Waals surface area contributed by atoms with Gasteiger partial charge in [-0.15, -0.1) is 0 Å². The molecule has 1 amide bonds. The highest BCUT2D eigenvalue weighted by Crippen LogP contribution is 2.40. The fourth-order valence-corrected chi connectivity index (χ4v) is 3.18. The lowest BCUT2D eigenvalue weighted by Gasteiger charge is -2.33. The van der Waals surface area contributed by atoms with Gasteiger partial charge in [0.2, 0.25) is 0 Å². The molecule has 19 heavy (non-hydrogen) atoms. The van der Waals surface area contributed by atoms with Crippen LogP contribution in [-0.2, 0) is 4.74 Å². The lowest BCUT2D eigenvalue weighted by atomic mass is 9.80. The number of hydrogen-bond acceptors (Lipinski definition) is 3. The molecule has 4 nitrogen and oxygen atoms in total. The summed E-state index contributed by atoms with van der Waals surface area (Å²) in [6.07, 6.45) is 3.26. The highest BCUT2D eigenvalue weighted by Gasteiger charge is 2.41. The Morgan fingerprint density at radius 3 is 2.79 bits per heavy atom. The molecule has 102 valence electrons. The van der Waals surface area contributed by atoms with Gasteiger partial charge in [-0.25, -0.2) is 0 Å². The molecule has 2 N–H and O–H groups in total. The monoisotopic (exact) mass is 260 g/mol. The Hall–Kier alpha value is -1.55. The summed E-state index contributed by atoms with van der Waals surface area (Å²) in [4.78, 5) is 14.4. The van der Waals surface area contributed by atoms with Gasteiger partial charge < -0.3 is 15.4 Å². The highest BCUT2D eigenvalue weighted by molar-refractivity contribution is 5.95. The van der Waals surface area contributed by atoms with Gasteiger partial charge in [0, 0.05) is 37.6 Å². The molecular weight excluding hydrogens is 240 g/mol. The second-order valence-corrected chi connectivity index (χ2v) is 5.71. The third-order valence-corrected chi connectivity index (χ3v) is 4.41. The van der Waals surface area contributed by atoms with Gasteiger partial charge in [0.1, 0.15) is 0 Å². The van der Waals surface area contributed by atoms with E-state index in [4.69, 9.17) is 10.5 Å². The molecule has 0 bridgehead atoms. The molecule has 0 saturated carbocycles. The van der Waals surface area contributed by atoms with E-state index in [1.54, 1.807) is 12.1 Å². The van der Waals surface area contributed by atoms with Gasteiger partial charge in [0.25, 0.3) is 5.91 Å². The van der Waals surface area contributed by atoms with E-state index < -0.39 is 0 Å². The molecule has 4 heteroatoms. The zero-order valence-electron chi connectivity index (χ0n) is 11.1. The van der Waals surface area contributed by atoms with E-state index in [0.29, 0.717) is 16.7 Å². The summed E-state index contributed by atoms with van der Waals surface area (Å²) in [7, 11) is 0. The summed E-state index contributed by atoms with van der Waals surface area (Å²) in [5, 5.41) is 0. The first kappa shape index (κ1) is 12.5. The normalized spacial score (nSPS) is 21.8. The van der Waals surface area contributed by atoms with Gasteiger partial charge in [-0.05, 0) is 42.9 Å². The van der Waals surface area contributed by atoms with Crippen LogP contribution in [0.2, 0.25) is 0 Å². The molecule has 1 aromatic rings. The second-order valence-electron chi connectivity index (χ2n) is 5.71. The van der Waals surface area contributed by atoms with Crippen molar-refractivity contribution < 1.29 is 9.53 Å². The first-order valence-corrected chi connectivity index (χ1v) is 6.91. The van der Waals surface area contributed by atoms with Crippen molar-refractivity contribution in [2.75, 3.05) is 32.0 Å². The third-order valence-electron chi connectivity index (χ3n) is 4.41. The lowest BCUT2D eigenvalue weighted by Crippen LogP contribution is -2.35. The minimum Gasteiger partial charge on any atom is -0.399 e. The Morgan fingerprint density at radius 2 is 2.05 bits per heavy atom. The maximum atomic E-state index is 12.5. The fraction of sp³-hybridized carbons (Fsp3) is 0.533. The van der Waals surface area contributed by atoms with Crippen LogP contribution in [-0.4, -0.2) is 37.1 Å². The molecule has 0 unspecified atom stereocenters. The average Bonchev–Trinajstić information content (AvgIpc) is 2.82. The maximum Gasteiger partial charge on any atom is 0.253 e. The van der Waals surface area contributed by atoms with E-state index in [0.717, 1.165) is 45.6 Å². The summed E-state index contributed by atoms with van der Waals surface area (Å²) < 4.78 is 5.43. The van der Waals surface area contributed by atoms with Crippen molar-refractivity contribution in [1.82, 2.24) is 4.90 Å². The number of likely N-dealkylation sites (tertiary alicyclic amines) is 1. The first-order chi connectivity index (χ1) is 9.19. The van der Waals surface area contributed by atoms with Gasteiger partial charge in [-0.3, -0.25) is 4.79 Å². The van der Waals surface area contributed by atoms with E-state index in [-0.39, 0.29) is 5.91 Å². The molecule has 0 aliphatic carbocycles. The number of benzene rings is 1. The number of carbonyl (C=O) groups is 1. The lowest BCUT2D eigenvalue weighted by molar-refractivity contribution is 0.0191. The largest absolute Gasteiger partial charge is 0.399 e. The zero-order valence-corrected chi connectivity index (χ0v) is 11.1. The minimum absolute atomic E-state index is 0.107. The SMILES string of the molecule is Nc1cccc(C(=O)N2CCC3(CCOCC3)C2)c1. The van der Waals surface area contributed by atoms with Crippen LogP contribution in [0.4, 0.5) is 5.69 Å². The number of carbonyl (C=O) groups excluding carboxylic acids is 1. The van der Waals surface area contributed by atoms with Crippen LogP contribution in [0.5, 0.6) is 0 Å². The van der Waals surface area contributed by atoms with Crippen molar-refractivity contribution in [2.24, 2.45) is 5.41 Å². The molecule has 0 radical (unpaired) electrons. The maximum absolute atomic E-state index is 12.5. The van der Waals surface area contributed by atoms with Crippen LogP contribution in [0.3, 0.4) is 0 Å². The Balaban J connectivity index is 1.72. The molecule has 2 fully saturated rings. The zero-order chi connectivity index (χ0) is 13.3. The van der Waals surface area contributed by atoms with Crippen molar-refractivity contribution in [2.45, 2.75) is 19.3 Å². The molecule has 0 aromatic heterocycles.